The van der Waals surface area contributed by atoms with Crippen molar-refractivity contribution >= 4 is 11.8 Å². The number of alkyl halides is 3. The second-order valence-electron chi connectivity index (χ2n) is 9.56. The van der Waals surface area contributed by atoms with Gasteiger partial charge in [0.05, 0.1) is 5.56 Å². The normalized spacial score (nSPS) is 19.6. The van der Waals surface area contributed by atoms with Crippen LogP contribution in [0.25, 0.3) is 0 Å². The number of halogens is 3. The van der Waals surface area contributed by atoms with Crippen molar-refractivity contribution in [3.05, 3.63) is 29.3 Å². The first-order chi connectivity index (χ1) is 14.5. The SMILES string of the molecule is CNC1CCN(c2cc(C(F)(F)F)ccc2C2CCN(C(=O)OC(C)(C)C)CC2)CC1. The Morgan fingerprint density at radius 1 is 1.03 bits per heavy atom. The number of benzene rings is 1. The number of amides is 1. The number of rotatable bonds is 3. The van der Waals surface area contributed by atoms with Gasteiger partial charge < -0.3 is 19.9 Å². The summed E-state index contributed by atoms with van der Waals surface area (Å²) in [6.45, 7) is 8.06. The lowest BCUT2D eigenvalue weighted by molar-refractivity contribution is -0.137. The fourth-order valence-electron chi connectivity index (χ4n) is 4.45. The maximum absolute atomic E-state index is 13.4. The fourth-order valence-corrected chi connectivity index (χ4v) is 4.45. The molecular weight excluding hydrogens is 407 g/mol. The average Bonchev–Trinajstić information content (AvgIpc) is 2.71. The molecule has 1 N–H and O–H groups in total. The van der Waals surface area contributed by atoms with Gasteiger partial charge >= 0.3 is 12.3 Å². The summed E-state index contributed by atoms with van der Waals surface area (Å²) in [5.41, 5.74) is 0.501. The van der Waals surface area contributed by atoms with Crippen LogP contribution in [0.15, 0.2) is 18.2 Å². The molecule has 0 atom stereocenters. The Morgan fingerprint density at radius 3 is 2.16 bits per heavy atom. The zero-order chi connectivity index (χ0) is 22.8. The van der Waals surface area contributed by atoms with Crippen LogP contribution in [0.4, 0.5) is 23.7 Å². The largest absolute Gasteiger partial charge is 0.444 e. The summed E-state index contributed by atoms with van der Waals surface area (Å²) in [4.78, 5) is 16.1. The van der Waals surface area contributed by atoms with E-state index >= 15 is 0 Å². The molecule has 0 radical (unpaired) electrons. The third-order valence-electron chi connectivity index (χ3n) is 6.19. The van der Waals surface area contributed by atoms with Crippen molar-refractivity contribution in [3.63, 3.8) is 0 Å². The van der Waals surface area contributed by atoms with E-state index in [9.17, 15) is 18.0 Å². The van der Waals surface area contributed by atoms with E-state index in [1.807, 2.05) is 27.8 Å². The molecule has 0 saturated carbocycles. The van der Waals surface area contributed by atoms with Crippen LogP contribution < -0.4 is 10.2 Å². The predicted octanol–water partition coefficient (Wildman–Crippen LogP) is 5.01. The van der Waals surface area contributed by atoms with E-state index in [-0.39, 0.29) is 12.0 Å². The van der Waals surface area contributed by atoms with Gasteiger partial charge in [0, 0.05) is 37.9 Å². The van der Waals surface area contributed by atoms with Gasteiger partial charge in [-0.1, -0.05) is 6.07 Å². The average molecular weight is 442 g/mol. The summed E-state index contributed by atoms with van der Waals surface area (Å²) in [6.07, 6.45) is -1.45. The number of hydrogen-bond acceptors (Lipinski definition) is 4. The Bertz CT molecular complexity index is 760. The number of nitrogens with one attached hydrogen (secondary N) is 1. The van der Waals surface area contributed by atoms with Crippen molar-refractivity contribution < 1.29 is 22.7 Å². The van der Waals surface area contributed by atoms with E-state index in [2.05, 4.69) is 10.2 Å². The minimum absolute atomic E-state index is 0.123. The summed E-state index contributed by atoms with van der Waals surface area (Å²) in [5.74, 6) is 0.123. The van der Waals surface area contributed by atoms with E-state index in [1.54, 1.807) is 11.0 Å². The number of piperidine rings is 2. The molecule has 0 unspecified atom stereocenters. The Balaban J connectivity index is 1.77. The monoisotopic (exact) mass is 441 g/mol. The summed E-state index contributed by atoms with van der Waals surface area (Å²) < 4.78 is 45.7. The van der Waals surface area contributed by atoms with Crippen LogP contribution in [-0.2, 0) is 10.9 Å². The molecule has 3 rings (SSSR count). The van der Waals surface area contributed by atoms with E-state index in [0.29, 0.717) is 37.7 Å². The molecule has 31 heavy (non-hydrogen) atoms. The molecule has 1 aromatic rings. The number of hydrogen-bond donors (Lipinski definition) is 1. The zero-order valence-corrected chi connectivity index (χ0v) is 18.9. The van der Waals surface area contributed by atoms with E-state index in [4.69, 9.17) is 4.74 Å². The lowest BCUT2D eigenvalue weighted by Gasteiger charge is -2.38. The van der Waals surface area contributed by atoms with Gasteiger partial charge in [-0.25, -0.2) is 4.79 Å². The minimum atomic E-state index is -4.36. The molecule has 0 aliphatic carbocycles. The van der Waals surface area contributed by atoms with Crippen molar-refractivity contribution in [2.75, 3.05) is 38.1 Å². The lowest BCUT2D eigenvalue weighted by atomic mass is 9.87. The lowest BCUT2D eigenvalue weighted by Crippen LogP contribution is -2.43. The molecule has 2 saturated heterocycles. The molecule has 2 aliphatic heterocycles. The van der Waals surface area contributed by atoms with Crippen LogP contribution in [-0.4, -0.2) is 55.9 Å². The van der Waals surface area contributed by atoms with Crippen molar-refractivity contribution in [2.24, 2.45) is 0 Å². The number of carbonyl (C=O) groups is 1. The van der Waals surface area contributed by atoms with Crippen molar-refractivity contribution in [1.29, 1.82) is 0 Å². The first-order valence-corrected chi connectivity index (χ1v) is 11.1. The van der Waals surface area contributed by atoms with Crippen LogP contribution in [0.2, 0.25) is 0 Å². The Morgan fingerprint density at radius 2 is 1.65 bits per heavy atom. The molecule has 1 amide bonds. The topological polar surface area (TPSA) is 44.8 Å². The highest BCUT2D eigenvalue weighted by Crippen LogP contribution is 2.40. The number of carbonyl (C=O) groups excluding carboxylic acids is 1. The highest BCUT2D eigenvalue weighted by molar-refractivity contribution is 5.68. The Hall–Kier alpha value is -1.96. The standard InChI is InChI=1S/C23H34F3N3O2/c1-22(2,3)31-21(30)29-11-7-16(8-12-29)19-6-5-17(23(24,25)26)15-20(19)28-13-9-18(27-4)10-14-28/h5-6,15-16,18,27H,7-14H2,1-4H3. The quantitative estimate of drug-likeness (QED) is 0.716. The maximum atomic E-state index is 13.4. The highest BCUT2D eigenvalue weighted by atomic mass is 19.4. The molecule has 0 spiro atoms. The smallest absolute Gasteiger partial charge is 0.416 e. The molecule has 0 bridgehead atoms. The number of likely N-dealkylation sites (tertiary alicyclic amines) is 1. The second-order valence-corrected chi connectivity index (χ2v) is 9.56. The van der Waals surface area contributed by atoms with Crippen molar-refractivity contribution in [2.45, 2.75) is 70.2 Å². The number of anilines is 1. The van der Waals surface area contributed by atoms with Crippen LogP contribution in [0.1, 0.15) is 63.5 Å². The maximum Gasteiger partial charge on any atom is 0.416 e. The third kappa shape index (κ3) is 6.05. The van der Waals surface area contributed by atoms with Crippen molar-refractivity contribution in [1.82, 2.24) is 10.2 Å². The van der Waals surface area contributed by atoms with Gasteiger partial charge in [0.2, 0.25) is 0 Å². The molecule has 5 nitrogen and oxygen atoms in total. The first-order valence-electron chi connectivity index (χ1n) is 11.1. The molecule has 0 aromatic heterocycles. The summed E-state index contributed by atoms with van der Waals surface area (Å²) in [6, 6.07) is 4.56. The highest BCUT2D eigenvalue weighted by Gasteiger charge is 2.34. The molecule has 2 heterocycles. The van der Waals surface area contributed by atoms with Gasteiger partial charge in [0.15, 0.2) is 0 Å². The molecular formula is C23H34F3N3O2. The second kappa shape index (κ2) is 9.27. The fraction of sp³-hybridized carbons (Fsp3) is 0.696. The summed E-state index contributed by atoms with van der Waals surface area (Å²) >= 11 is 0. The van der Waals surface area contributed by atoms with E-state index < -0.39 is 17.3 Å². The van der Waals surface area contributed by atoms with E-state index in [1.165, 1.54) is 12.1 Å². The molecule has 1 aromatic carbocycles. The molecule has 174 valence electrons. The van der Waals surface area contributed by atoms with Gasteiger partial charge in [0.25, 0.3) is 0 Å². The minimum Gasteiger partial charge on any atom is -0.444 e. The van der Waals surface area contributed by atoms with Gasteiger partial charge in [0.1, 0.15) is 5.60 Å². The zero-order valence-electron chi connectivity index (χ0n) is 18.9. The number of ether oxygens (including phenoxy) is 1. The molecule has 8 heteroatoms. The molecule has 2 aliphatic rings. The van der Waals surface area contributed by atoms with Gasteiger partial charge in [-0.05, 0) is 77.1 Å². The predicted molar refractivity (Wildman–Crippen MR) is 116 cm³/mol. The van der Waals surface area contributed by atoms with Crippen molar-refractivity contribution in [3.8, 4) is 0 Å². The van der Waals surface area contributed by atoms with E-state index in [0.717, 1.165) is 31.5 Å². The first kappa shape index (κ1) is 23.7. The van der Waals surface area contributed by atoms with Crippen LogP contribution in [0, 0.1) is 0 Å². The van der Waals surface area contributed by atoms with Gasteiger partial charge in [-0.3, -0.25) is 0 Å². The van der Waals surface area contributed by atoms with Gasteiger partial charge in [-0.15, -0.1) is 0 Å². The number of nitrogens with zero attached hydrogens (tertiary/aromatic N) is 2. The van der Waals surface area contributed by atoms with Gasteiger partial charge in [-0.2, -0.15) is 13.2 Å². The Labute approximate surface area is 182 Å². The summed E-state index contributed by atoms with van der Waals surface area (Å²) in [5, 5.41) is 3.27. The van der Waals surface area contributed by atoms with Crippen LogP contribution in [0.3, 0.4) is 0 Å². The third-order valence-corrected chi connectivity index (χ3v) is 6.19. The summed E-state index contributed by atoms with van der Waals surface area (Å²) in [7, 11) is 1.93. The molecule has 2 fully saturated rings. The van der Waals surface area contributed by atoms with Crippen LogP contribution >= 0.6 is 0 Å². The Kier molecular flexibility index (Phi) is 7.08. The van der Waals surface area contributed by atoms with Crippen LogP contribution in [0.5, 0.6) is 0 Å².